The summed E-state index contributed by atoms with van der Waals surface area (Å²) in [5.74, 6) is 0.395. The Balaban J connectivity index is 1.45. The van der Waals surface area contributed by atoms with Gasteiger partial charge in [-0.15, -0.1) is 0 Å². The van der Waals surface area contributed by atoms with Crippen molar-refractivity contribution in [3.8, 4) is 5.75 Å². The van der Waals surface area contributed by atoms with Crippen LogP contribution in [0.2, 0.25) is 5.02 Å². The van der Waals surface area contributed by atoms with E-state index in [2.05, 4.69) is 10.4 Å². The molecule has 3 rings (SSSR count). The molecule has 0 bridgehead atoms. The Morgan fingerprint density at radius 2 is 2.11 bits per heavy atom. The molecule has 0 spiro atoms. The molecular formula is C20H25ClN4O3. The highest BCUT2D eigenvalue weighted by molar-refractivity contribution is 6.31. The summed E-state index contributed by atoms with van der Waals surface area (Å²) in [7, 11) is 1.53. The number of benzene rings is 1. The second-order valence-corrected chi connectivity index (χ2v) is 7.26. The van der Waals surface area contributed by atoms with E-state index in [1.165, 1.54) is 7.11 Å². The minimum absolute atomic E-state index is 0.0602. The summed E-state index contributed by atoms with van der Waals surface area (Å²) in [5, 5.41) is 7.63. The van der Waals surface area contributed by atoms with E-state index >= 15 is 0 Å². The molecule has 7 nitrogen and oxygen atoms in total. The van der Waals surface area contributed by atoms with Gasteiger partial charge in [0, 0.05) is 49.5 Å². The Bertz CT molecular complexity index is 802. The van der Waals surface area contributed by atoms with E-state index < -0.39 is 0 Å². The predicted octanol–water partition coefficient (Wildman–Crippen LogP) is 2.60. The number of aryl methyl sites for hydroxylation is 1. The number of methoxy groups -OCH3 is 1. The van der Waals surface area contributed by atoms with E-state index in [1.807, 2.05) is 16.9 Å². The summed E-state index contributed by atoms with van der Waals surface area (Å²) in [6.45, 7) is 2.49. The molecule has 2 heterocycles. The molecule has 8 heteroatoms. The lowest BCUT2D eigenvalue weighted by Gasteiger charge is -2.31. The number of nitrogens with zero attached hydrogens (tertiary/aromatic N) is 3. The molecular weight excluding hydrogens is 380 g/mol. The molecule has 1 N–H and O–H groups in total. The molecule has 0 aliphatic carbocycles. The second-order valence-electron chi connectivity index (χ2n) is 6.82. The smallest absolute Gasteiger partial charge is 0.257 e. The maximum Gasteiger partial charge on any atom is 0.257 e. The van der Waals surface area contributed by atoms with Crippen LogP contribution in [0, 0.1) is 5.92 Å². The van der Waals surface area contributed by atoms with Crippen molar-refractivity contribution in [2.45, 2.75) is 25.8 Å². The highest BCUT2D eigenvalue weighted by Gasteiger charge is 2.28. The Morgan fingerprint density at radius 1 is 1.32 bits per heavy atom. The summed E-state index contributed by atoms with van der Waals surface area (Å²) in [6, 6.07) is 6.90. The van der Waals surface area contributed by atoms with Gasteiger partial charge in [0.2, 0.25) is 5.91 Å². The highest BCUT2D eigenvalue weighted by atomic mass is 35.5. The fourth-order valence-electron chi connectivity index (χ4n) is 3.39. The molecule has 0 atom stereocenters. The fourth-order valence-corrected chi connectivity index (χ4v) is 3.56. The van der Waals surface area contributed by atoms with Crippen LogP contribution in [0.25, 0.3) is 0 Å². The van der Waals surface area contributed by atoms with Crippen LogP contribution in [0.3, 0.4) is 0 Å². The molecule has 2 aromatic rings. The van der Waals surface area contributed by atoms with Crippen LogP contribution in [0.4, 0.5) is 0 Å². The summed E-state index contributed by atoms with van der Waals surface area (Å²) in [4.78, 5) is 26.9. The summed E-state index contributed by atoms with van der Waals surface area (Å²) in [5.41, 5.74) is 0.455. The van der Waals surface area contributed by atoms with Crippen LogP contribution in [0.5, 0.6) is 5.75 Å². The van der Waals surface area contributed by atoms with Crippen molar-refractivity contribution in [2.24, 2.45) is 5.92 Å². The lowest BCUT2D eigenvalue weighted by Crippen LogP contribution is -2.43. The molecule has 0 unspecified atom stereocenters. The molecule has 1 aliphatic rings. The summed E-state index contributed by atoms with van der Waals surface area (Å²) in [6.07, 6.45) is 5.79. The van der Waals surface area contributed by atoms with Crippen molar-refractivity contribution in [2.75, 3.05) is 26.7 Å². The van der Waals surface area contributed by atoms with Gasteiger partial charge >= 0.3 is 0 Å². The molecule has 1 aliphatic heterocycles. The third kappa shape index (κ3) is 5.04. The third-order valence-corrected chi connectivity index (χ3v) is 5.20. The topological polar surface area (TPSA) is 76.5 Å². The average Bonchev–Trinajstić information content (AvgIpc) is 3.24. The van der Waals surface area contributed by atoms with Crippen LogP contribution < -0.4 is 10.1 Å². The van der Waals surface area contributed by atoms with E-state index in [1.54, 1.807) is 29.3 Å². The van der Waals surface area contributed by atoms with Gasteiger partial charge < -0.3 is 15.0 Å². The molecule has 0 saturated carbocycles. The summed E-state index contributed by atoms with van der Waals surface area (Å²) < 4.78 is 7.12. The molecule has 1 aromatic heterocycles. The largest absolute Gasteiger partial charge is 0.496 e. The van der Waals surface area contributed by atoms with Gasteiger partial charge in [-0.1, -0.05) is 11.6 Å². The Morgan fingerprint density at radius 3 is 2.79 bits per heavy atom. The minimum atomic E-state index is -0.113. The number of carbonyl (C=O) groups excluding carboxylic acids is 2. The first-order chi connectivity index (χ1) is 13.6. The van der Waals surface area contributed by atoms with E-state index in [4.69, 9.17) is 16.3 Å². The number of piperidine rings is 1. The molecule has 2 amide bonds. The van der Waals surface area contributed by atoms with Crippen LogP contribution >= 0.6 is 11.6 Å². The number of likely N-dealkylation sites (tertiary alicyclic amines) is 1. The normalized spacial score (nSPS) is 14.7. The van der Waals surface area contributed by atoms with Gasteiger partial charge in [0.15, 0.2) is 0 Å². The first kappa shape index (κ1) is 20.2. The number of carbonyl (C=O) groups is 2. The van der Waals surface area contributed by atoms with Crippen LogP contribution in [0.15, 0.2) is 36.7 Å². The van der Waals surface area contributed by atoms with Crippen LogP contribution in [-0.4, -0.2) is 53.2 Å². The first-order valence-electron chi connectivity index (χ1n) is 9.46. The SMILES string of the molecule is COc1ccc(Cl)cc1C(=O)N1CCC(C(=O)NCCCn2cccn2)CC1. The Hall–Kier alpha value is -2.54. The van der Waals surface area contributed by atoms with Crippen molar-refractivity contribution in [1.82, 2.24) is 20.0 Å². The van der Waals surface area contributed by atoms with Crippen molar-refractivity contribution in [1.29, 1.82) is 0 Å². The molecule has 0 radical (unpaired) electrons. The maximum absolute atomic E-state index is 12.8. The van der Waals surface area contributed by atoms with Gasteiger partial charge in [0.05, 0.1) is 12.7 Å². The molecule has 150 valence electrons. The number of amides is 2. The van der Waals surface area contributed by atoms with Gasteiger partial charge in [0.1, 0.15) is 5.75 Å². The van der Waals surface area contributed by atoms with Gasteiger partial charge in [0.25, 0.3) is 5.91 Å². The first-order valence-corrected chi connectivity index (χ1v) is 9.84. The lowest BCUT2D eigenvalue weighted by molar-refractivity contribution is -0.126. The number of hydrogen-bond acceptors (Lipinski definition) is 4. The quantitative estimate of drug-likeness (QED) is 0.719. The van der Waals surface area contributed by atoms with Crippen molar-refractivity contribution < 1.29 is 14.3 Å². The van der Waals surface area contributed by atoms with Gasteiger partial charge in [-0.2, -0.15) is 5.10 Å². The van der Waals surface area contributed by atoms with E-state index in [-0.39, 0.29) is 17.7 Å². The fraction of sp³-hybridized carbons (Fsp3) is 0.450. The zero-order valence-corrected chi connectivity index (χ0v) is 16.7. The number of nitrogens with one attached hydrogen (secondary N) is 1. The summed E-state index contributed by atoms with van der Waals surface area (Å²) >= 11 is 6.03. The van der Waals surface area contributed by atoms with E-state index in [0.29, 0.717) is 48.8 Å². The standard InChI is InChI=1S/C20H25ClN4O3/c1-28-18-5-4-16(21)14-17(18)20(27)24-12-6-15(7-13-24)19(26)22-8-2-10-25-11-3-9-23-25/h3-5,9,11,14-15H,2,6-8,10,12-13H2,1H3,(H,22,26). The van der Waals surface area contributed by atoms with Gasteiger partial charge in [-0.25, -0.2) is 0 Å². The van der Waals surface area contributed by atoms with Crippen LogP contribution in [-0.2, 0) is 11.3 Å². The van der Waals surface area contributed by atoms with Gasteiger partial charge in [-0.3, -0.25) is 14.3 Å². The lowest BCUT2D eigenvalue weighted by atomic mass is 9.95. The molecule has 1 aromatic carbocycles. The number of halogens is 1. The van der Waals surface area contributed by atoms with Crippen molar-refractivity contribution in [3.63, 3.8) is 0 Å². The number of ether oxygens (including phenoxy) is 1. The zero-order chi connectivity index (χ0) is 19.9. The zero-order valence-electron chi connectivity index (χ0n) is 15.9. The maximum atomic E-state index is 12.8. The Labute approximate surface area is 169 Å². The molecule has 28 heavy (non-hydrogen) atoms. The van der Waals surface area contributed by atoms with Crippen LogP contribution in [0.1, 0.15) is 29.6 Å². The Kier molecular flexibility index (Phi) is 6.92. The molecule has 1 fully saturated rings. The number of rotatable bonds is 7. The third-order valence-electron chi connectivity index (χ3n) is 4.97. The highest BCUT2D eigenvalue weighted by Crippen LogP contribution is 2.26. The van der Waals surface area contributed by atoms with E-state index in [9.17, 15) is 9.59 Å². The number of aromatic nitrogens is 2. The average molecular weight is 405 g/mol. The predicted molar refractivity (Wildman–Crippen MR) is 106 cm³/mol. The second kappa shape index (κ2) is 9.59. The molecule has 1 saturated heterocycles. The van der Waals surface area contributed by atoms with E-state index in [0.717, 1.165) is 13.0 Å². The van der Waals surface area contributed by atoms with Crippen molar-refractivity contribution in [3.05, 3.63) is 47.2 Å². The van der Waals surface area contributed by atoms with Gasteiger partial charge in [-0.05, 0) is 43.5 Å². The number of hydrogen-bond donors (Lipinski definition) is 1. The monoisotopic (exact) mass is 404 g/mol. The van der Waals surface area contributed by atoms with Crippen molar-refractivity contribution >= 4 is 23.4 Å². The minimum Gasteiger partial charge on any atom is -0.496 e.